The van der Waals surface area contributed by atoms with E-state index in [9.17, 15) is 8.78 Å². The Hall–Kier alpha value is -3.51. The van der Waals surface area contributed by atoms with Gasteiger partial charge in [-0.05, 0) is 65.2 Å². The van der Waals surface area contributed by atoms with Crippen LogP contribution in [0.5, 0.6) is 0 Å². The van der Waals surface area contributed by atoms with E-state index >= 15 is 0 Å². The molecule has 0 bridgehead atoms. The molecule has 1 aromatic heterocycles. The van der Waals surface area contributed by atoms with Gasteiger partial charge in [0.15, 0.2) is 11.6 Å². The van der Waals surface area contributed by atoms with Gasteiger partial charge in [0, 0.05) is 22.9 Å². The second-order valence-corrected chi connectivity index (χ2v) is 6.96. The summed E-state index contributed by atoms with van der Waals surface area (Å²) in [5.41, 5.74) is 4.86. The molecule has 3 aromatic carbocycles. The number of nitrogens with zero attached hydrogens (tertiary/aromatic N) is 1. The van der Waals surface area contributed by atoms with Crippen molar-refractivity contribution in [3.63, 3.8) is 0 Å². The molecule has 0 aliphatic heterocycles. The minimum Gasteiger partial charge on any atom is -0.256 e. The molecule has 0 aliphatic rings. The van der Waals surface area contributed by atoms with Crippen LogP contribution in [0.25, 0.3) is 22.0 Å². The van der Waals surface area contributed by atoms with Crippen molar-refractivity contribution in [1.29, 1.82) is 0 Å². The molecule has 3 heteroatoms. The quantitative estimate of drug-likeness (QED) is 0.366. The number of hydrogen-bond donors (Lipinski definition) is 0. The molecule has 4 aromatic rings. The minimum absolute atomic E-state index is 0.628. The largest absolute Gasteiger partial charge is 0.256 e. The number of halogens is 2. The fourth-order valence-corrected chi connectivity index (χ4v) is 3.22. The zero-order valence-electron chi connectivity index (χ0n) is 16.0. The summed E-state index contributed by atoms with van der Waals surface area (Å²) in [7, 11) is 0. The van der Waals surface area contributed by atoms with Gasteiger partial charge in [-0.3, -0.25) is 4.98 Å². The first-order valence-electron chi connectivity index (χ1n) is 9.58. The second kappa shape index (κ2) is 8.24. The zero-order valence-corrected chi connectivity index (χ0v) is 16.0. The van der Waals surface area contributed by atoms with E-state index in [0.717, 1.165) is 35.2 Å². The molecule has 0 radical (unpaired) electrons. The van der Waals surface area contributed by atoms with Crippen LogP contribution in [-0.2, 0) is 6.42 Å². The van der Waals surface area contributed by atoms with Crippen LogP contribution in [-0.4, -0.2) is 4.98 Å². The fourth-order valence-electron chi connectivity index (χ4n) is 3.22. The van der Waals surface area contributed by atoms with Crippen LogP contribution in [0.3, 0.4) is 0 Å². The third-order valence-corrected chi connectivity index (χ3v) is 4.77. The molecule has 0 saturated heterocycles. The first-order chi connectivity index (χ1) is 14.1. The standard InChI is InChI=1S/C26H19F2N/c1-2-3-20-9-13-26(29-17-20)21-10-6-18(7-11-21)4-5-19-8-12-22-15-24(27)25(28)16-23(22)14-19/h6-17H,2-3H2,1H3. The van der Waals surface area contributed by atoms with Crippen molar-refractivity contribution >= 4 is 10.8 Å². The van der Waals surface area contributed by atoms with Crippen LogP contribution in [0.15, 0.2) is 72.9 Å². The monoisotopic (exact) mass is 383 g/mol. The lowest BCUT2D eigenvalue weighted by atomic mass is 10.1. The Balaban J connectivity index is 1.54. The van der Waals surface area contributed by atoms with Crippen molar-refractivity contribution in [2.45, 2.75) is 19.8 Å². The van der Waals surface area contributed by atoms with Gasteiger partial charge in [0.2, 0.25) is 0 Å². The lowest BCUT2D eigenvalue weighted by molar-refractivity contribution is 0.511. The van der Waals surface area contributed by atoms with Crippen molar-refractivity contribution < 1.29 is 8.78 Å². The van der Waals surface area contributed by atoms with Gasteiger partial charge in [0.1, 0.15) is 0 Å². The lowest BCUT2D eigenvalue weighted by Gasteiger charge is -2.03. The number of pyridine rings is 1. The fraction of sp³-hybridized carbons (Fsp3) is 0.115. The van der Waals surface area contributed by atoms with Crippen molar-refractivity contribution in [1.82, 2.24) is 4.98 Å². The van der Waals surface area contributed by atoms with Crippen molar-refractivity contribution in [3.8, 4) is 23.1 Å². The Morgan fingerprint density at radius 2 is 1.45 bits per heavy atom. The van der Waals surface area contributed by atoms with Crippen LogP contribution >= 0.6 is 0 Å². The number of fused-ring (bicyclic) bond motifs is 1. The highest BCUT2D eigenvalue weighted by Gasteiger charge is 2.04. The highest BCUT2D eigenvalue weighted by atomic mass is 19.2. The van der Waals surface area contributed by atoms with Gasteiger partial charge in [-0.25, -0.2) is 8.78 Å². The SMILES string of the molecule is CCCc1ccc(-c2ccc(C#Cc3ccc4cc(F)c(F)cc4c3)cc2)nc1. The molecule has 142 valence electrons. The summed E-state index contributed by atoms with van der Waals surface area (Å²) in [6.45, 7) is 2.16. The molecule has 1 heterocycles. The molecule has 0 spiro atoms. The van der Waals surface area contributed by atoms with Gasteiger partial charge in [-0.1, -0.05) is 49.5 Å². The number of hydrogen-bond acceptors (Lipinski definition) is 1. The van der Waals surface area contributed by atoms with Gasteiger partial charge < -0.3 is 0 Å². The van der Waals surface area contributed by atoms with Gasteiger partial charge >= 0.3 is 0 Å². The number of rotatable bonds is 3. The first kappa shape index (κ1) is 18.8. The predicted molar refractivity (Wildman–Crippen MR) is 114 cm³/mol. The Kier molecular flexibility index (Phi) is 5.35. The van der Waals surface area contributed by atoms with E-state index in [1.807, 2.05) is 42.6 Å². The van der Waals surface area contributed by atoms with E-state index in [1.165, 1.54) is 17.7 Å². The van der Waals surface area contributed by atoms with E-state index in [0.29, 0.717) is 10.8 Å². The van der Waals surface area contributed by atoms with E-state index in [2.05, 4.69) is 29.8 Å². The number of aryl methyl sites for hydroxylation is 1. The Morgan fingerprint density at radius 3 is 2.14 bits per heavy atom. The van der Waals surface area contributed by atoms with Gasteiger partial charge in [0.05, 0.1) is 5.69 Å². The molecule has 0 saturated carbocycles. The van der Waals surface area contributed by atoms with Crippen LogP contribution in [0, 0.1) is 23.5 Å². The molecule has 0 aliphatic carbocycles. The predicted octanol–water partition coefficient (Wildman–Crippen LogP) is 6.53. The zero-order chi connectivity index (χ0) is 20.2. The summed E-state index contributed by atoms with van der Waals surface area (Å²) in [5, 5.41) is 1.28. The molecular weight excluding hydrogens is 364 g/mol. The van der Waals surface area contributed by atoms with Gasteiger partial charge in [-0.15, -0.1) is 0 Å². The molecule has 0 atom stereocenters. The average Bonchev–Trinajstić information content (AvgIpc) is 2.74. The highest BCUT2D eigenvalue weighted by Crippen LogP contribution is 2.20. The molecule has 0 N–H and O–H groups in total. The van der Waals surface area contributed by atoms with E-state index < -0.39 is 11.6 Å². The summed E-state index contributed by atoms with van der Waals surface area (Å²) < 4.78 is 26.8. The summed E-state index contributed by atoms with van der Waals surface area (Å²) in [4.78, 5) is 4.54. The minimum atomic E-state index is -0.852. The molecule has 1 nitrogen and oxygen atoms in total. The van der Waals surface area contributed by atoms with E-state index in [1.54, 1.807) is 12.1 Å². The smallest absolute Gasteiger partial charge is 0.159 e. The van der Waals surface area contributed by atoms with Crippen molar-refractivity contribution in [3.05, 3.63) is 101 Å². The van der Waals surface area contributed by atoms with Crippen LogP contribution < -0.4 is 0 Å². The maximum atomic E-state index is 13.5. The van der Waals surface area contributed by atoms with Gasteiger partial charge in [0.25, 0.3) is 0 Å². The summed E-state index contributed by atoms with van der Waals surface area (Å²) in [6, 6.07) is 19.8. The first-order valence-corrected chi connectivity index (χ1v) is 9.58. The van der Waals surface area contributed by atoms with E-state index in [-0.39, 0.29) is 0 Å². The molecule has 0 amide bonds. The molecule has 29 heavy (non-hydrogen) atoms. The average molecular weight is 383 g/mol. The van der Waals surface area contributed by atoms with Crippen LogP contribution in [0.1, 0.15) is 30.0 Å². The number of benzene rings is 3. The maximum absolute atomic E-state index is 13.5. The third kappa shape index (κ3) is 4.33. The van der Waals surface area contributed by atoms with Crippen molar-refractivity contribution in [2.24, 2.45) is 0 Å². The van der Waals surface area contributed by atoms with Crippen LogP contribution in [0.4, 0.5) is 8.78 Å². The third-order valence-electron chi connectivity index (χ3n) is 4.77. The van der Waals surface area contributed by atoms with E-state index in [4.69, 9.17) is 0 Å². The number of aromatic nitrogens is 1. The summed E-state index contributed by atoms with van der Waals surface area (Å²) >= 11 is 0. The topological polar surface area (TPSA) is 12.9 Å². The molecule has 4 rings (SSSR count). The van der Waals surface area contributed by atoms with Crippen molar-refractivity contribution in [2.75, 3.05) is 0 Å². The Bertz CT molecular complexity index is 1210. The maximum Gasteiger partial charge on any atom is 0.159 e. The molecule has 0 fully saturated rings. The van der Waals surface area contributed by atoms with Gasteiger partial charge in [-0.2, -0.15) is 0 Å². The summed E-state index contributed by atoms with van der Waals surface area (Å²) in [6.07, 6.45) is 4.08. The van der Waals surface area contributed by atoms with Crippen LogP contribution in [0.2, 0.25) is 0 Å². The normalized spacial score (nSPS) is 10.6. The molecular formula is C26H19F2N. The Morgan fingerprint density at radius 1 is 0.759 bits per heavy atom. The molecule has 0 unspecified atom stereocenters. The Labute approximate surface area is 169 Å². The second-order valence-electron chi connectivity index (χ2n) is 6.96. The lowest BCUT2D eigenvalue weighted by Crippen LogP contribution is -1.88. The summed E-state index contributed by atoms with van der Waals surface area (Å²) in [5.74, 6) is 4.51. The highest BCUT2D eigenvalue weighted by molar-refractivity contribution is 5.84.